The van der Waals surface area contributed by atoms with Gasteiger partial charge in [-0.3, -0.25) is 0 Å². The maximum Gasteiger partial charge on any atom is 0.0551 e. The minimum Gasteiger partial charge on any atom is -0.354 e. The molecule has 140 valence electrons. The van der Waals surface area contributed by atoms with Crippen LogP contribution in [0.15, 0.2) is 97.1 Å². The number of hydrogen-bond acceptors (Lipinski definition) is 1. The molecule has 7 rings (SSSR count). The Morgan fingerprint density at radius 1 is 0.533 bits per heavy atom. The molecule has 1 N–H and O–H groups in total. The van der Waals surface area contributed by atoms with Crippen molar-refractivity contribution in [1.82, 2.24) is 4.98 Å². The van der Waals surface area contributed by atoms with Crippen molar-refractivity contribution < 1.29 is 0 Å². The lowest BCUT2D eigenvalue weighted by molar-refractivity contribution is 1.56. The molecule has 0 fully saturated rings. The van der Waals surface area contributed by atoms with Crippen molar-refractivity contribution >= 4 is 64.1 Å². The molecule has 5 aromatic carbocycles. The van der Waals surface area contributed by atoms with E-state index in [0.29, 0.717) is 0 Å². The number of aromatic nitrogens is 1. The first-order chi connectivity index (χ1) is 14.9. The van der Waals surface area contributed by atoms with E-state index < -0.39 is 0 Å². The normalized spacial score (nSPS) is 12.0. The van der Waals surface area contributed by atoms with Gasteiger partial charge in [-0.05, 0) is 23.3 Å². The van der Waals surface area contributed by atoms with Gasteiger partial charge in [0.15, 0.2) is 0 Å². The molecule has 0 atom stereocenters. The highest BCUT2D eigenvalue weighted by atomic mass is 32.1. The number of benzene rings is 5. The minimum atomic E-state index is 1.19. The third kappa shape index (κ3) is 2.11. The fraction of sp³-hybridized carbons (Fsp3) is 0. The first kappa shape index (κ1) is 16.2. The van der Waals surface area contributed by atoms with Gasteiger partial charge < -0.3 is 4.98 Å². The Morgan fingerprint density at radius 3 is 2.13 bits per heavy atom. The molecule has 0 unspecified atom stereocenters. The monoisotopic (exact) mass is 399 g/mol. The summed E-state index contributed by atoms with van der Waals surface area (Å²) in [6.45, 7) is 0. The van der Waals surface area contributed by atoms with Gasteiger partial charge in [-0.1, -0.05) is 84.9 Å². The second-order valence-electron chi connectivity index (χ2n) is 7.85. The predicted octanol–water partition coefficient (Wildman–Crippen LogP) is 8.51. The Kier molecular flexibility index (Phi) is 3.21. The minimum absolute atomic E-state index is 1.19. The largest absolute Gasteiger partial charge is 0.354 e. The van der Waals surface area contributed by atoms with Gasteiger partial charge in [-0.2, -0.15) is 0 Å². The number of H-pyrrole nitrogens is 1. The molecule has 0 bridgehead atoms. The number of thiophene rings is 1. The maximum atomic E-state index is 3.78. The molecule has 2 aromatic heterocycles. The van der Waals surface area contributed by atoms with E-state index in [1.54, 1.807) is 0 Å². The smallest absolute Gasteiger partial charge is 0.0551 e. The van der Waals surface area contributed by atoms with Crippen LogP contribution in [0.4, 0.5) is 0 Å². The van der Waals surface area contributed by atoms with Crippen LogP contribution in [0.2, 0.25) is 0 Å². The van der Waals surface area contributed by atoms with Crippen molar-refractivity contribution in [3.8, 4) is 11.1 Å². The van der Waals surface area contributed by atoms with E-state index in [0.717, 1.165) is 0 Å². The van der Waals surface area contributed by atoms with Crippen LogP contribution in [0.1, 0.15) is 0 Å². The molecule has 0 saturated carbocycles. The summed E-state index contributed by atoms with van der Waals surface area (Å²) in [6, 6.07) is 35.0. The summed E-state index contributed by atoms with van der Waals surface area (Å²) in [5.74, 6) is 0. The average Bonchev–Trinajstić information content (AvgIpc) is 3.38. The fourth-order valence-corrected chi connectivity index (χ4v) is 6.10. The lowest BCUT2D eigenvalue weighted by Crippen LogP contribution is -1.78. The Labute approximate surface area is 177 Å². The molecular weight excluding hydrogens is 382 g/mol. The van der Waals surface area contributed by atoms with Crippen LogP contribution in [0.25, 0.3) is 63.9 Å². The highest BCUT2D eigenvalue weighted by molar-refractivity contribution is 7.27. The van der Waals surface area contributed by atoms with Crippen molar-refractivity contribution in [2.24, 2.45) is 0 Å². The van der Waals surface area contributed by atoms with E-state index in [1.807, 2.05) is 11.3 Å². The number of rotatable bonds is 1. The topological polar surface area (TPSA) is 15.8 Å². The molecule has 1 nitrogen and oxygen atoms in total. The molecule has 30 heavy (non-hydrogen) atoms. The Morgan fingerprint density at radius 2 is 1.27 bits per heavy atom. The van der Waals surface area contributed by atoms with Crippen LogP contribution in [0.5, 0.6) is 0 Å². The van der Waals surface area contributed by atoms with Gasteiger partial charge in [0.25, 0.3) is 0 Å². The van der Waals surface area contributed by atoms with Crippen LogP contribution in [0, 0.1) is 0 Å². The summed E-state index contributed by atoms with van der Waals surface area (Å²) in [4.78, 5) is 3.78. The SMILES string of the molecule is c1ccc(-c2ccc3c(c2)[nH]c2c4ccccc4c4sc5ccccc5c4c32)cc1. The Bertz CT molecular complexity index is 1740. The summed E-state index contributed by atoms with van der Waals surface area (Å²) in [6.07, 6.45) is 0. The van der Waals surface area contributed by atoms with Gasteiger partial charge in [-0.25, -0.2) is 0 Å². The second-order valence-corrected chi connectivity index (χ2v) is 8.90. The second kappa shape index (κ2) is 5.94. The van der Waals surface area contributed by atoms with Gasteiger partial charge in [-0.15, -0.1) is 11.3 Å². The molecule has 0 aliphatic rings. The van der Waals surface area contributed by atoms with Crippen LogP contribution >= 0.6 is 11.3 Å². The molecular formula is C28H17NS. The van der Waals surface area contributed by atoms with Crippen LogP contribution in [-0.4, -0.2) is 4.98 Å². The first-order valence-electron chi connectivity index (χ1n) is 10.2. The van der Waals surface area contributed by atoms with Crippen molar-refractivity contribution in [2.75, 3.05) is 0 Å². The lowest BCUT2D eigenvalue weighted by atomic mass is 9.98. The highest BCUT2D eigenvalue weighted by Gasteiger charge is 2.17. The zero-order chi connectivity index (χ0) is 19.7. The van der Waals surface area contributed by atoms with E-state index >= 15 is 0 Å². The van der Waals surface area contributed by atoms with Gasteiger partial charge >= 0.3 is 0 Å². The van der Waals surface area contributed by atoms with Gasteiger partial charge in [0, 0.05) is 47.2 Å². The van der Waals surface area contributed by atoms with Crippen molar-refractivity contribution in [1.29, 1.82) is 0 Å². The fourth-order valence-electron chi connectivity index (χ4n) is 4.85. The number of hydrogen-bond donors (Lipinski definition) is 1. The Balaban J connectivity index is 1.71. The quantitative estimate of drug-likeness (QED) is 0.285. The van der Waals surface area contributed by atoms with Crippen LogP contribution < -0.4 is 0 Å². The number of nitrogens with one attached hydrogen (secondary N) is 1. The summed E-state index contributed by atoms with van der Waals surface area (Å²) in [5, 5.41) is 7.99. The molecule has 0 radical (unpaired) electrons. The lowest BCUT2D eigenvalue weighted by Gasteiger charge is -2.04. The molecule has 0 aliphatic heterocycles. The summed E-state index contributed by atoms with van der Waals surface area (Å²) >= 11 is 1.90. The molecule has 0 spiro atoms. The van der Waals surface area contributed by atoms with Crippen molar-refractivity contribution in [3.05, 3.63) is 97.1 Å². The zero-order valence-electron chi connectivity index (χ0n) is 16.1. The molecule has 7 aromatic rings. The van der Waals surface area contributed by atoms with Crippen molar-refractivity contribution in [3.63, 3.8) is 0 Å². The Hall–Kier alpha value is -3.62. The molecule has 2 heterocycles. The average molecular weight is 400 g/mol. The van der Waals surface area contributed by atoms with Crippen LogP contribution in [-0.2, 0) is 0 Å². The molecule has 2 heteroatoms. The van der Waals surface area contributed by atoms with Gasteiger partial charge in [0.2, 0.25) is 0 Å². The van der Waals surface area contributed by atoms with E-state index in [2.05, 4.69) is 102 Å². The molecule has 0 amide bonds. The third-order valence-electron chi connectivity index (χ3n) is 6.19. The van der Waals surface area contributed by atoms with E-state index in [1.165, 1.54) is 63.9 Å². The summed E-state index contributed by atoms with van der Waals surface area (Å²) in [5.41, 5.74) is 4.92. The van der Waals surface area contributed by atoms with Gasteiger partial charge in [0.1, 0.15) is 0 Å². The molecule has 0 saturated heterocycles. The van der Waals surface area contributed by atoms with E-state index in [9.17, 15) is 0 Å². The maximum absolute atomic E-state index is 3.78. The number of aromatic amines is 1. The van der Waals surface area contributed by atoms with E-state index in [-0.39, 0.29) is 0 Å². The summed E-state index contributed by atoms with van der Waals surface area (Å²) in [7, 11) is 0. The number of fused-ring (bicyclic) bond motifs is 10. The highest BCUT2D eigenvalue weighted by Crippen LogP contribution is 2.46. The summed E-state index contributed by atoms with van der Waals surface area (Å²) < 4.78 is 2.73. The predicted molar refractivity (Wildman–Crippen MR) is 132 cm³/mol. The first-order valence-corrected chi connectivity index (χ1v) is 11.0. The van der Waals surface area contributed by atoms with Gasteiger partial charge in [0.05, 0.1) is 5.52 Å². The third-order valence-corrected chi connectivity index (χ3v) is 7.40. The zero-order valence-corrected chi connectivity index (χ0v) is 17.0. The van der Waals surface area contributed by atoms with Crippen molar-refractivity contribution in [2.45, 2.75) is 0 Å². The van der Waals surface area contributed by atoms with Crippen LogP contribution in [0.3, 0.4) is 0 Å². The molecule has 0 aliphatic carbocycles. The standard InChI is InChI=1S/C28H17NS/c1-2-8-17(9-3-1)18-14-15-21-23(16-18)29-27-19-10-4-5-11-20(19)28-26(25(21)27)22-12-6-7-13-24(22)30-28/h1-16,29H. The van der Waals surface area contributed by atoms with E-state index in [4.69, 9.17) is 0 Å².